The van der Waals surface area contributed by atoms with E-state index in [9.17, 15) is 19.2 Å². The second-order valence-corrected chi connectivity index (χ2v) is 7.01. The van der Waals surface area contributed by atoms with Gasteiger partial charge >= 0.3 is 5.97 Å². The van der Waals surface area contributed by atoms with Crippen molar-refractivity contribution in [1.82, 2.24) is 10.6 Å². The summed E-state index contributed by atoms with van der Waals surface area (Å²) in [5.41, 5.74) is 10.8. The molecule has 0 saturated heterocycles. The monoisotopic (exact) mass is 376 g/mol. The Morgan fingerprint density at radius 2 is 1.68 bits per heavy atom. The van der Waals surface area contributed by atoms with Crippen molar-refractivity contribution in [2.24, 2.45) is 17.4 Å². The Labute approximate surface area is 151 Å². The van der Waals surface area contributed by atoms with Gasteiger partial charge < -0.3 is 27.2 Å². The van der Waals surface area contributed by atoms with Gasteiger partial charge in [0, 0.05) is 6.42 Å². The van der Waals surface area contributed by atoms with Gasteiger partial charge in [-0.05, 0) is 30.8 Å². The van der Waals surface area contributed by atoms with Gasteiger partial charge in [0.1, 0.15) is 12.1 Å². The number of hydrogen-bond acceptors (Lipinski definition) is 6. The number of nitrogens with one attached hydrogen (secondary N) is 2. The molecule has 0 fully saturated rings. The van der Waals surface area contributed by atoms with Crippen LogP contribution >= 0.6 is 11.8 Å². The summed E-state index contributed by atoms with van der Waals surface area (Å²) in [6, 6.07) is -2.93. The Morgan fingerprint density at radius 1 is 1.08 bits per heavy atom. The fourth-order valence-corrected chi connectivity index (χ4v) is 2.47. The number of carbonyl (C=O) groups excluding carboxylic acids is 3. The lowest BCUT2D eigenvalue weighted by Crippen LogP contribution is -2.56. The van der Waals surface area contributed by atoms with E-state index in [2.05, 4.69) is 10.6 Å². The van der Waals surface area contributed by atoms with Gasteiger partial charge in [-0.2, -0.15) is 11.8 Å². The van der Waals surface area contributed by atoms with Crippen LogP contribution in [0.4, 0.5) is 0 Å². The topological polar surface area (TPSA) is 165 Å². The van der Waals surface area contributed by atoms with Gasteiger partial charge in [-0.25, -0.2) is 4.79 Å². The zero-order valence-corrected chi connectivity index (χ0v) is 15.6. The van der Waals surface area contributed by atoms with Crippen LogP contribution in [-0.4, -0.2) is 58.9 Å². The summed E-state index contributed by atoms with van der Waals surface area (Å²) >= 11 is 1.56. The lowest BCUT2D eigenvalue weighted by Gasteiger charge is -2.25. The summed E-state index contributed by atoms with van der Waals surface area (Å²) in [5.74, 6) is -2.61. The second-order valence-electron chi connectivity index (χ2n) is 6.02. The predicted octanol–water partition coefficient (Wildman–Crippen LogP) is -0.957. The average Bonchev–Trinajstić information content (AvgIpc) is 2.52. The summed E-state index contributed by atoms with van der Waals surface area (Å²) in [6.07, 6.45) is 2.07. The highest BCUT2D eigenvalue weighted by atomic mass is 32.2. The summed E-state index contributed by atoms with van der Waals surface area (Å²) in [5, 5.41) is 14.0. The minimum Gasteiger partial charge on any atom is -0.480 e. The van der Waals surface area contributed by atoms with E-state index < -0.39 is 41.8 Å². The Morgan fingerprint density at radius 3 is 2.12 bits per heavy atom. The van der Waals surface area contributed by atoms with Crippen LogP contribution in [0.5, 0.6) is 0 Å². The second kappa shape index (κ2) is 11.7. The van der Waals surface area contributed by atoms with Gasteiger partial charge in [-0.3, -0.25) is 14.4 Å². The largest absolute Gasteiger partial charge is 0.480 e. The van der Waals surface area contributed by atoms with Crippen molar-refractivity contribution >= 4 is 35.5 Å². The van der Waals surface area contributed by atoms with E-state index in [0.717, 1.165) is 0 Å². The van der Waals surface area contributed by atoms with Gasteiger partial charge in [0.05, 0.1) is 6.04 Å². The third-order valence-corrected chi connectivity index (χ3v) is 4.15. The molecule has 3 amide bonds. The van der Waals surface area contributed by atoms with E-state index in [4.69, 9.17) is 16.6 Å². The number of aliphatic carboxylic acids is 1. The van der Waals surface area contributed by atoms with E-state index >= 15 is 0 Å². The molecular weight excluding hydrogens is 348 g/mol. The van der Waals surface area contributed by atoms with Crippen molar-refractivity contribution in [1.29, 1.82) is 0 Å². The van der Waals surface area contributed by atoms with Gasteiger partial charge in [0.2, 0.25) is 17.7 Å². The first-order valence-corrected chi connectivity index (χ1v) is 9.35. The number of carboxylic acids is 1. The van der Waals surface area contributed by atoms with Gasteiger partial charge in [0.15, 0.2) is 0 Å². The number of primary amides is 1. The highest BCUT2D eigenvalue weighted by Gasteiger charge is 2.29. The number of nitrogens with two attached hydrogens (primary N) is 2. The molecule has 7 N–H and O–H groups in total. The van der Waals surface area contributed by atoms with Crippen LogP contribution in [0.15, 0.2) is 0 Å². The molecule has 3 atom stereocenters. The molecule has 0 saturated carbocycles. The highest BCUT2D eigenvalue weighted by Crippen LogP contribution is 2.06. The van der Waals surface area contributed by atoms with E-state index in [0.29, 0.717) is 12.2 Å². The smallest absolute Gasteiger partial charge is 0.326 e. The van der Waals surface area contributed by atoms with E-state index in [-0.39, 0.29) is 18.8 Å². The van der Waals surface area contributed by atoms with Crippen LogP contribution in [0.1, 0.15) is 33.1 Å². The Hall–Kier alpha value is -1.81. The third-order valence-electron chi connectivity index (χ3n) is 3.51. The van der Waals surface area contributed by atoms with E-state index in [1.54, 1.807) is 25.6 Å². The summed E-state index contributed by atoms with van der Waals surface area (Å²) < 4.78 is 0. The molecule has 0 aromatic carbocycles. The normalized spacial score (nSPS) is 14.4. The van der Waals surface area contributed by atoms with E-state index in [1.807, 2.05) is 6.26 Å². The van der Waals surface area contributed by atoms with Gasteiger partial charge in [-0.15, -0.1) is 0 Å². The maximum absolute atomic E-state index is 12.4. The summed E-state index contributed by atoms with van der Waals surface area (Å²) in [7, 11) is 0. The number of carboxylic acid groups (broad SMARTS) is 1. The quantitative estimate of drug-likeness (QED) is 0.293. The number of thioether (sulfide) groups is 1. The van der Waals surface area contributed by atoms with Crippen molar-refractivity contribution < 1.29 is 24.3 Å². The minimum atomic E-state index is -1.28. The van der Waals surface area contributed by atoms with Gasteiger partial charge in [0.25, 0.3) is 0 Å². The first kappa shape index (κ1) is 23.2. The van der Waals surface area contributed by atoms with Crippen molar-refractivity contribution in [2.45, 2.75) is 51.2 Å². The molecule has 0 radical (unpaired) electrons. The standard InChI is InChI=1S/C15H28N4O5S/c1-8(2)12(19-13(21)9(16)6-7-25-3)14(22)18-10(15(23)24)4-5-11(17)20/h8-10,12H,4-7,16H2,1-3H3,(H2,17,20)(H,18,22)(H,19,21)(H,23,24). The van der Waals surface area contributed by atoms with Crippen molar-refractivity contribution in [3.63, 3.8) is 0 Å². The van der Waals surface area contributed by atoms with E-state index in [1.165, 1.54) is 0 Å². The van der Waals surface area contributed by atoms with Gasteiger partial charge in [-0.1, -0.05) is 13.8 Å². The SMILES string of the molecule is CSCCC(N)C(=O)NC(C(=O)NC(CCC(N)=O)C(=O)O)C(C)C. The number of carbonyl (C=O) groups is 4. The molecule has 0 aliphatic heterocycles. The molecule has 3 unspecified atom stereocenters. The minimum absolute atomic E-state index is 0.123. The van der Waals surface area contributed by atoms with Crippen LogP contribution in [0.25, 0.3) is 0 Å². The average molecular weight is 376 g/mol. The van der Waals surface area contributed by atoms with Crippen LogP contribution in [-0.2, 0) is 19.2 Å². The van der Waals surface area contributed by atoms with Crippen molar-refractivity contribution in [3.8, 4) is 0 Å². The fraction of sp³-hybridized carbons (Fsp3) is 0.733. The highest BCUT2D eigenvalue weighted by molar-refractivity contribution is 7.98. The van der Waals surface area contributed by atoms with Crippen molar-refractivity contribution in [3.05, 3.63) is 0 Å². The molecule has 0 aromatic rings. The van der Waals surface area contributed by atoms with Crippen LogP contribution < -0.4 is 22.1 Å². The summed E-state index contributed by atoms with van der Waals surface area (Å²) in [4.78, 5) is 46.5. The molecule has 0 aliphatic rings. The molecule has 144 valence electrons. The number of hydrogen-bond donors (Lipinski definition) is 5. The van der Waals surface area contributed by atoms with Crippen molar-refractivity contribution in [2.75, 3.05) is 12.0 Å². The number of amides is 3. The molecule has 0 aliphatic carbocycles. The Kier molecular flexibility index (Phi) is 10.8. The molecule has 9 nitrogen and oxygen atoms in total. The molecule has 0 bridgehead atoms. The number of rotatable bonds is 12. The Balaban J connectivity index is 4.88. The third kappa shape index (κ3) is 9.30. The lowest BCUT2D eigenvalue weighted by atomic mass is 10.0. The zero-order chi connectivity index (χ0) is 19.6. The van der Waals surface area contributed by atoms with Crippen LogP contribution in [0.3, 0.4) is 0 Å². The molecule has 25 heavy (non-hydrogen) atoms. The molecular formula is C15H28N4O5S. The Bertz CT molecular complexity index is 487. The maximum Gasteiger partial charge on any atom is 0.326 e. The molecule has 0 spiro atoms. The molecule has 0 heterocycles. The molecule has 10 heteroatoms. The predicted molar refractivity (Wildman–Crippen MR) is 95.7 cm³/mol. The fourth-order valence-electron chi connectivity index (χ4n) is 1.98. The lowest BCUT2D eigenvalue weighted by molar-refractivity contribution is -0.142. The first-order chi connectivity index (χ1) is 11.6. The molecule has 0 aromatic heterocycles. The van der Waals surface area contributed by atoms with Crippen LogP contribution in [0, 0.1) is 5.92 Å². The summed E-state index contributed by atoms with van der Waals surface area (Å²) in [6.45, 7) is 3.44. The zero-order valence-electron chi connectivity index (χ0n) is 14.8. The first-order valence-electron chi connectivity index (χ1n) is 7.96. The van der Waals surface area contributed by atoms with Crippen LogP contribution in [0.2, 0.25) is 0 Å². The maximum atomic E-state index is 12.4. The molecule has 0 rings (SSSR count).